The van der Waals surface area contributed by atoms with Gasteiger partial charge in [-0.3, -0.25) is 9.88 Å². The molecule has 1 unspecified atom stereocenters. The average Bonchev–Trinajstić information content (AvgIpc) is 2.71. The molecule has 1 N–H and O–H groups in total. The van der Waals surface area contributed by atoms with Crippen molar-refractivity contribution in [3.05, 3.63) is 59.9 Å². The monoisotopic (exact) mass is 267 g/mol. The van der Waals surface area contributed by atoms with Crippen molar-refractivity contribution in [2.75, 3.05) is 18.9 Å². The van der Waals surface area contributed by atoms with Gasteiger partial charge < -0.3 is 5.32 Å². The summed E-state index contributed by atoms with van der Waals surface area (Å²) in [5.74, 6) is 0. The van der Waals surface area contributed by atoms with Gasteiger partial charge in [0.15, 0.2) is 0 Å². The van der Waals surface area contributed by atoms with E-state index in [-0.39, 0.29) is 0 Å². The Balaban J connectivity index is 1.64. The van der Waals surface area contributed by atoms with Crippen LogP contribution in [0, 0.1) is 0 Å². The molecule has 2 heterocycles. The Kier molecular flexibility index (Phi) is 3.97. The van der Waals surface area contributed by atoms with E-state index in [2.05, 4.69) is 58.6 Å². The zero-order valence-corrected chi connectivity index (χ0v) is 11.9. The van der Waals surface area contributed by atoms with E-state index in [0.717, 1.165) is 19.5 Å². The quantitative estimate of drug-likeness (QED) is 0.926. The molecule has 0 bridgehead atoms. The fourth-order valence-electron chi connectivity index (χ4n) is 2.84. The summed E-state index contributed by atoms with van der Waals surface area (Å²) < 4.78 is 0. The molecule has 0 saturated carbocycles. The standard InChI is InChI=1S/C17H21N3/c1-20(13-14-8-10-18-11-9-14)16-7-6-15-4-2-3-5-17(15)19-12-16/h2-5,8-11,16,19H,6-7,12-13H2,1H3. The van der Waals surface area contributed by atoms with Gasteiger partial charge in [0.05, 0.1) is 0 Å². The van der Waals surface area contributed by atoms with E-state index in [1.807, 2.05) is 12.4 Å². The smallest absolute Gasteiger partial charge is 0.0373 e. The first-order valence-corrected chi connectivity index (χ1v) is 7.24. The molecule has 1 aliphatic heterocycles. The number of para-hydroxylation sites is 1. The fraction of sp³-hybridized carbons (Fsp3) is 0.353. The molecule has 20 heavy (non-hydrogen) atoms. The predicted octanol–water partition coefficient (Wildman–Crippen LogP) is 2.94. The molecule has 1 aliphatic rings. The summed E-state index contributed by atoms with van der Waals surface area (Å²) in [7, 11) is 2.21. The van der Waals surface area contributed by atoms with E-state index in [9.17, 15) is 0 Å². The molecule has 3 rings (SSSR count). The van der Waals surface area contributed by atoms with Crippen LogP contribution in [-0.2, 0) is 13.0 Å². The average molecular weight is 267 g/mol. The third-order valence-corrected chi connectivity index (χ3v) is 4.10. The van der Waals surface area contributed by atoms with Gasteiger partial charge in [0.1, 0.15) is 0 Å². The first kappa shape index (κ1) is 13.1. The second-order valence-corrected chi connectivity index (χ2v) is 5.50. The van der Waals surface area contributed by atoms with Gasteiger partial charge in [-0.25, -0.2) is 0 Å². The number of aryl methyl sites for hydroxylation is 1. The van der Waals surface area contributed by atoms with Crippen LogP contribution in [0.15, 0.2) is 48.8 Å². The van der Waals surface area contributed by atoms with Crippen molar-refractivity contribution in [3.8, 4) is 0 Å². The highest BCUT2D eigenvalue weighted by Gasteiger charge is 2.19. The maximum absolute atomic E-state index is 4.08. The molecule has 0 amide bonds. The molecular formula is C17H21N3. The number of fused-ring (bicyclic) bond motifs is 1. The van der Waals surface area contributed by atoms with Crippen LogP contribution in [0.4, 0.5) is 5.69 Å². The number of likely N-dealkylation sites (N-methyl/N-ethyl adjacent to an activating group) is 1. The van der Waals surface area contributed by atoms with Gasteiger partial charge in [-0.1, -0.05) is 18.2 Å². The lowest BCUT2D eigenvalue weighted by Crippen LogP contribution is -2.36. The van der Waals surface area contributed by atoms with Crippen molar-refractivity contribution in [3.63, 3.8) is 0 Å². The second-order valence-electron chi connectivity index (χ2n) is 5.50. The highest BCUT2D eigenvalue weighted by atomic mass is 15.1. The number of pyridine rings is 1. The maximum Gasteiger partial charge on any atom is 0.0373 e. The van der Waals surface area contributed by atoms with Gasteiger partial charge >= 0.3 is 0 Å². The van der Waals surface area contributed by atoms with Crippen LogP contribution in [-0.4, -0.2) is 29.5 Å². The summed E-state index contributed by atoms with van der Waals surface area (Å²) in [6, 6.07) is 13.4. The molecule has 3 heteroatoms. The van der Waals surface area contributed by atoms with Crippen molar-refractivity contribution in [1.29, 1.82) is 0 Å². The molecule has 0 radical (unpaired) electrons. The minimum absolute atomic E-state index is 0.565. The van der Waals surface area contributed by atoms with Gasteiger partial charge in [0.2, 0.25) is 0 Å². The van der Waals surface area contributed by atoms with Crippen LogP contribution in [0.2, 0.25) is 0 Å². The van der Waals surface area contributed by atoms with E-state index in [0.29, 0.717) is 6.04 Å². The molecule has 0 spiro atoms. The van der Waals surface area contributed by atoms with E-state index < -0.39 is 0 Å². The molecule has 2 aromatic rings. The Bertz CT molecular complexity index is 526. The number of hydrogen-bond acceptors (Lipinski definition) is 3. The molecule has 1 aromatic carbocycles. The van der Waals surface area contributed by atoms with Gasteiger partial charge in [-0.05, 0) is 49.2 Å². The SMILES string of the molecule is CN(Cc1ccncc1)C1CCc2ccccc2NC1. The van der Waals surface area contributed by atoms with E-state index in [1.165, 1.54) is 23.2 Å². The maximum atomic E-state index is 4.08. The van der Waals surface area contributed by atoms with Crippen molar-refractivity contribution in [2.24, 2.45) is 0 Å². The zero-order chi connectivity index (χ0) is 13.8. The lowest BCUT2D eigenvalue weighted by Gasteiger charge is -2.27. The van der Waals surface area contributed by atoms with Crippen molar-refractivity contribution < 1.29 is 0 Å². The summed E-state index contributed by atoms with van der Waals surface area (Å²) in [5.41, 5.74) is 4.06. The predicted molar refractivity (Wildman–Crippen MR) is 82.7 cm³/mol. The molecule has 1 aromatic heterocycles. The first-order chi connectivity index (χ1) is 9.83. The number of anilines is 1. The van der Waals surface area contributed by atoms with Crippen LogP contribution >= 0.6 is 0 Å². The summed E-state index contributed by atoms with van der Waals surface area (Å²) in [6.07, 6.45) is 6.08. The largest absolute Gasteiger partial charge is 0.383 e. The van der Waals surface area contributed by atoms with Gasteiger partial charge in [0, 0.05) is 37.2 Å². The van der Waals surface area contributed by atoms with E-state index in [1.54, 1.807) is 0 Å². The van der Waals surface area contributed by atoms with E-state index in [4.69, 9.17) is 0 Å². The summed E-state index contributed by atoms with van der Waals surface area (Å²) in [5, 5.41) is 3.59. The Morgan fingerprint density at radius 1 is 1.20 bits per heavy atom. The highest BCUT2D eigenvalue weighted by Crippen LogP contribution is 2.23. The third-order valence-electron chi connectivity index (χ3n) is 4.10. The molecule has 0 aliphatic carbocycles. The minimum atomic E-state index is 0.565. The molecule has 1 atom stereocenters. The summed E-state index contributed by atoms with van der Waals surface area (Å²) in [6.45, 7) is 1.99. The lowest BCUT2D eigenvalue weighted by atomic mass is 10.1. The van der Waals surface area contributed by atoms with Crippen molar-refractivity contribution in [1.82, 2.24) is 9.88 Å². The number of nitrogens with zero attached hydrogens (tertiary/aromatic N) is 2. The fourth-order valence-corrected chi connectivity index (χ4v) is 2.84. The van der Waals surface area contributed by atoms with Crippen molar-refractivity contribution in [2.45, 2.75) is 25.4 Å². The normalized spacial score (nSPS) is 18.2. The summed E-state index contributed by atoms with van der Waals surface area (Å²) in [4.78, 5) is 6.52. The van der Waals surface area contributed by atoms with Crippen LogP contribution < -0.4 is 5.32 Å². The van der Waals surface area contributed by atoms with E-state index >= 15 is 0 Å². The zero-order valence-electron chi connectivity index (χ0n) is 11.9. The van der Waals surface area contributed by atoms with Crippen LogP contribution in [0.25, 0.3) is 0 Å². The Morgan fingerprint density at radius 2 is 2.00 bits per heavy atom. The Morgan fingerprint density at radius 3 is 2.85 bits per heavy atom. The molecular weight excluding hydrogens is 246 g/mol. The molecule has 0 fully saturated rings. The number of aromatic nitrogens is 1. The third kappa shape index (κ3) is 2.99. The number of nitrogens with one attached hydrogen (secondary N) is 1. The first-order valence-electron chi connectivity index (χ1n) is 7.24. The Labute approximate surface area is 120 Å². The van der Waals surface area contributed by atoms with Gasteiger partial charge in [-0.2, -0.15) is 0 Å². The molecule has 3 nitrogen and oxygen atoms in total. The topological polar surface area (TPSA) is 28.2 Å². The number of hydrogen-bond donors (Lipinski definition) is 1. The van der Waals surface area contributed by atoms with Crippen LogP contribution in [0.1, 0.15) is 17.5 Å². The molecule has 0 saturated heterocycles. The van der Waals surface area contributed by atoms with Crippen molar-refractivity contribution >= 4 is 5.69 Å². The second kappa shape index (κ2) is 6.06. The van der Waals surface area contributed by atoms with Crippen LogP contribution in [0.5, 0.6) is 0 Å². The molecule has 104 valence electrons. The summed E-state index contributed by atoms with van der Waals surface area (Å²) >= 11 is 0. The van der Waals surface area contributed by atoms with Crippen LogP contribution in [0.3, 0.4) is 0 Å². The minimum Gasteiger partial charge on any atom is -0.383 e. The number of rotatable bonds is 3. The number of benzene rings is 1. The lowest BCUT2D eigenvalue weighted by molar-refractivity contribution is 0.233. The van der Waals surface area contributed by atoms with Gasteiger partial charge in [0.25, 0.3) is 0 Å². The highest BCUT2D eigenvalue weighted by molar-refractivity contribution is 5.52. The Hall–Kier alpha value is -1.87. The van der Waals surface area contributed by atoms with Gasteiger partial charge in [-0.15, -0.1) is 0 Å².